The van der Waals surface area contributed by atoms with Gasteiger partial charge in [0.2, 0.25) is 0 Å². The highest BCUT2D eigenvalue weighted by atomic mass is 16.8. The molecule has 3 rings (SSSR count). The molecule has 2 aromatic carbocycles. The van der Waals surface area contributed by atoms with Crippen LogP contribution in [0.4, 0.5) is 0 Å². The van der Waals surface area contributed by atoms with E-state index in [4.69, 9.17) is 4.74 Å². The molecule has 0 aromatic heterocycles. The maximum Gasteiger partial charge on any atom is 0.276 e. The molecule has 1 amide bonds. The minimum absolute atomic E-state index is 0.306. The molecule has 130 valence electrons. The number of amides is 1. The molecule has 2 aromatic rings. The van der Waals surface area contributed by atoms with Crippen molar-refractivity contribution in [3.8, 4) is 0 Å². The molecule has 0 aliphatic carbocycles. The van der Waals surface area contributed by atoms with Crippen LogP contribution >= 0.6 is 0 Å². The highest BCUT2D eigenvalue weighted by Crippen LogP contribution is 2.38. The molecule has 6 nitrogen and oxygen atoms in total. The fourth-order valence-corrected chi connectivity index (χ4v) is 2.92. The van der Waals surface area contributed by atoms with Gasteiger partial charge in [-0.3, -0.25) is 9.69 Å². The number of aliphatic hydroxyl groups is 2. The lowest BCUT2D eigenvalue weighted by molar-refractivity contribution is -0.333. The zero-order valence-electron chi connectivity index (χ0n) is 13.8. The Bertz CT molecular complexity index is 730. The summed E-state index contributed by atoms with van der Waals surface area (Å²) in [7, 11) is 0. The van der Waals surface area contributed by atoms with Gasteiger partial charge in [0.1, 0.15) is 12.6 Å². The van der Waals surface area contributed by atoms with Gasteiger partial charge in [0.25, 0.3) is 11.9 Å². The van der Waals surface area contributed by atoms with Crippen molar-refractivity contribution in [1.82, 2.24) is 10.2 Å². The zero-order chi connectivity index (χ0) is 18.1. The molecule has 3 N–H and O–H groups in total. The number of carbonyl (C=O) groups excluding carboxylic acids is 1. The Labute approximate surface area is 146 Å². The van der Waals surface area contributed by atoms with Gasteiger partial charge in [0.05, 0.1) is 0 Å². The highest BCUT2D eigenvalue weighted by Gasteiger charge is 2.51. The Balaban J connectivity index is 2.05. The van der Waals surface area contributed by atoms with Crippen molar-refractivity contribution in [2.75, 3.05) is 6.73 Å². The van der Waals surface area contributed by atoms with Crippen molar-refractivity contribution in [1.29, 1.82) is 0 Å². The summed E-state index contributed by atoms with van der Waals surface area (Å²) >= 11 is 0. The lowest BCUT2D eigenvalue weighted by Gasteiger charge is -2.28. The van der Waals surface area contributed by atoms with Crippen molar-refractivity contribution in [3.05, 3.63) is 84.2 Å². The molecule has 1 fully saturated rings. The summed E-state index contributed by atoms with van der Waals surface area (Å²) in [6, 6.07) is 18.6. The Morgan fingerprint density at radius 3 is 2.00 bits per heavy atom. The number of hydrogen-bond acceptors (Lipinski definition) is 5. The SMILES string of the molecule is C=C1NC(c2ccccc2)(c2ccccc2)C(=O)N1COC(C)(O)O. The second-order valence-corrected chi connectivity index (χ2v) is 5.99. The van der Waals surface area contributed by atoms with Crippen LogP contribution in [-0.4, -0.2) is 33.7 Å². The molecule has 0 bridgehead atoms. The van der Waals surface area contributed by atoms with Gasteiger partial charge in [-0.1, -0.05) is 67.2 Å². The van der Waals surface area contributed by atoms with Crippen molar-refractivity contribution in [3.63, 3.8) is 0 Å². The van der Waals surface area contributed by atoms with Crippen LogP contribution < -0.4 is 5.32 Å². The molecule has 0 atom stereocenters. The fourth-order valence-electron chi connectivity index (χ4n) is 2.92. The molecule has 1 saturated heterocycles. The normalized spacial score (nSPS) is 16.8. The number of benzene rings is 2. The van der Waals surface area contributed by atoms with Crippen LogP contribution in [0.15, 0.2) is 73.1 Å². The van der Waals surface area contributed by atoms with Gasteiger partial charge in [0, 0.05) is 6.92 Å². The summed E-state index contributed by atoms with van der Waals surface area (Å²) < 4.78 is 4.93. The Kier molecular flexibility index (Phi) is 4.34. The van der Waals surface area contributed by atoms with E-state index < -0.39 is 11.5 Å². The first-order valence-corrected chi connectivity index (χ1v) is 7.83. The van der Waals surface area contributed by atoms with Crippen LogP contribution in [0.25, 0.3) is 0 Å². The quantitative estimate of drug-likeness (QED) is 0.718. The average Bonchev–Trinajstić information content (AvgIpc) is 2.85. The summed E-state index contributed by atoms with van der Waals surface area (Å²) in [5.41, 5.74) is 0.362. The second kappa shape index (κ2) is 6.33. The van der Waals surface area contributed by atoms with Gasteiger partial charge in [0.15, 0.2) is 5.54 Å². The van der Waals surface area contributed by atoms with Crippen LogP contribution in [-0.2, 0) is 15.1 Å². The van der Waals surface area contributed by atoms with E-state index in [1.54, 1.807) is 0 Å². The highest BCUT2D eigenvalue weighted by molar-refractivity contribution is 5.95. The van der Waals surface area contributed by atoms with E-state index in [0.717, 1.165) is 18.1 Å². The van der Waals surface area contributed by atoms with Crippen molar-refractivity contribution in [2.45, 2.75) is 18.4 Å². The number of nitrogens with zero attached hydrogens (tertiary/aromatic N) is 1. The predicted molar refractivity (Wildman–Crippen MR) is 91.6 cm³/mol. The summed E-state index contributed by atoms with van der Waals surface area (Å²) in [6.07, 6.45) is 0. The topological polar surface area (TPSA) is 82.0 Å². The smallest absolute Gasteiger partial charge is 0.276 e. The van der Waals surface area contributed by atoms with Crippen LogP contribution in [0.3, 0.4) is 0 Å². The second-order valence-electron chi connectivity index (χ2n) is 5.99. The van der Waals surface area contributed by atoms with Crippen molar-refractivity contribution < 1.29 is 19.7 Å². The molecule has 25 heavy (non-hydrogen) atoms. The molecule has 0 saturated carbocycles. The molecule has 1 aliphatic rings. The predicted octanol–water partition coefficient (Wildman–Crippen LogP) is 1.47. The van der Waals surface area contributed by atoms with E-state index in [9.17, 15) is 15.0 Å². The van der Waals surface area contributed by atoms with Crippen molar-refractivity contribution in [2.24, 2.45) is 0 Å². The van der Waals surface area contributed by atoms with Crippen LogP contribution in [0.5, 0.6) is 0 Å². The number of nitrogens with one attached hydrogen (secondary N) is 1. The number of carbonyl (C=O) groups is 1. The van der Waals surface area contributed by atoms with Gasteiger partial charge >= 0.3 is 0 Å². The minimum atomic E-state index is -2.34. The van der Waals surface area contributed by atoms with Crippen LogP contribution in [0, 0.1) is 0 Å². The number of ether oxygens (including phenoxy) is 1. The van der Waals surface area contributed by atoms with Gasteiger partial charge in [-0.05, 0) is 11.1 Å². The van der Waals surface area contributed by atoms with Gasteiger partial charge < -0.3 is 20.3 Å². The van der Waals surface area contributed by atoms with Gasteiger partial charge in [-0.25, -0.2) is 0 Å². The zero-order valence-corrected chi connectivity index (χ0v) is 13.8. The minimum Gasteiger partial charge on any atom is -0.350 e. The van der Waals surface area contributed by atoms with E-state index in [-0.39, 0.29) is 12.6 Å². The Hall–Kier alpha value is -2.67. The summed E-state index contributed by atoms with van der Waals surface area (Å²) in [4.78, 5) is 14.6. The lowest BCUT2D eigenvalue weighted by atomic mass is 9.83. The van der Waals surface area contributed by atoms with E-state index in [1.807, 2.05) is 60.7 Å². The van der Waals surface area contributed by atoms with Crippen molar-refractivity contribution >= 4 is 5.91 Å². The largest absolute Gasteiger partial charge is 0.350 e. The summed E-state index contributed by atoms with van der Waals surface area (Å²) in [5.74, 6) is -2.33. The standard InChI is InChI=1S/C19H20N2O4/c1-14-20-19(15-9-5-3-6-10-15,16-11-7-4-8-12-16)17(22)21(14)13-25-18(2,23)24/h3-12,20,23-24H,1,13H2,2H3. The maximum atomic E-state index is 13.3. The number of hydrogen-bond donors (Lipinski definition) is 3. The third kappa shape index (κ3) is 3.15. The molecule has 0 unspecified atom stereocenters. The lowest BCUT2D eigenvalue weighted by Crippen LogP contribution is -2.45. The summed E-state index contributed by atoms with van der Waals surface area (Å²) in [5, 5.41) is 21.9. The Morgan fingerprint density at radius 2 is 1.56 bits per heavy atom. The first-order valence-electron chi connectivity index (χ1n) is 7.83. The molecule has 0 radical (unpaired) electrons. The molecule has 6 heteroatoms. The molecular weight excluding hydrogens is 320 g/mol. The van der Waals surface area contributed by atoms with Crippen LogP contribution in [0.1, 0.15) is 18.1 Å². The van der Waals surface area contributed by atoms with E-state index in [2.05, 4.69) is 11.9 Å². The van der Waals surface area contributed by atoms with E-state index >= 15 is 0 Å². The van der Waals surface area contributed by atoms with Gasteiger partial charge in [-0.15, -0.1) is 0 Å². The maximum absolute atomic E-state index is 13.3. The molecule has 0 spiro atoms. The number of rotatable bonds is 5. The Morgan fingerprint density at radius 1 is 1.08 bits per heavy atom. The van der Waals surface area contributed by atoms with Gasteiger partial charge in [-0.2, -0.15) is 0 Å². The monoisotopic (exact) mass is 340 g/mol. The van der Waals surface area contributed by atoms with E-state index in [1.165, 1.54) is 4.90 Å². The third-order valence-corrected chi connectivity index (χ3v) is 4.10. The summed E-state index contributed by atoms with van der Waals surface area (Å²) in [6.45, 7) is 4.62. The average molecular weight is 340 g/mol. The third-order valence-electron chi connectivity index (χ3n) is 4.10. The molecule has 1 aliphatic heterocycles. The molecule has 1 heterocycles. The molecular formula is C19H20N2O4. The van der Waals surface area contributed by atoms with Crippen LogP contribution in [0.2, 0.25) is 0 Å². The van der Waals surface area contributed by atoms with E-state index in [0.29, 0.717) is 5.82 Å². The first kappa shape index (κ1) is 17.2. The fraction of sp³-hybridized carbons (Fsp3) is 0.211. The first-order chi connectivity index (χ1) is 11.8.